The molecule has 0 bridgehead atoms. The summed E-state index contributed by atoms with van der Waals surface area (Å²) in [6.45, 7) is 8.94. The number of carbonyl (C=O) groups excluding carboxylic acids is 1. The molecule has 1 aromatic heterocycles. The van der Waals surface area contributed by atoms with E-state index in [1.54, 1.807) is 0 Å². The van der Waals surface area contributed by atoms with Crippen LogP contribution in [0, 0.1) is 6.92 Å². The fourth-order valence-electron chi connectivity index (χ4n) is 3.93. The molecule has 1 aliphatic heterocycles. The van der Waals surface area contributed by atoms with Crippen molar-refractivity contribution in [3.63, 3.8) is 0 Å². The Morgan fingerprint density at radius 2 is 1.75 bits per heavy atom. The number of aryl methyl sites for hydroxylation is 1. The second-order valence-corrected chi connectivity index (χ2v) is 9.21. The van der Waals surface area contributed by atoms with Crippen molar-refractivity contribution in [2.45, 2.75) is 33.1 Å². The Kier molecular flexibility index (Phi) is 7.55. The van der Waals surface area contributed by atoms with Crippen LogP contribution >= 0.6 is 11.3 Å². The van der Waals surface area contributed by atoms with E-state index < -0.39 is 0 Å². The molecule has 0 spiro atoms. The minimum absolute atomic E-state index is 0.118. The van der Waals surface area contributed by atoms with Gasteiger partial charge in [0.1, 0.15) is 21.4 Å². The van der Waals surface area contributed by atoms with Crippen LogP contribution in [0.4, 0.5) is 0 Å². The Bertz CT molecular complexity index is 1020. The summed E-state index contributed by atoms with van der Waals surface area (Å²) >= 11 is 1.49. The van der Waals surface area contributed by atoms with Crippen LogP contribution in [0.2, 0.25) is 0 Å². The summed E-state index contributed by atoms with van der Waals surface area (Å²) in [5, 5.41) is 0.872. The number of benzene rings is 2. The van der Waals surface area contributed by atoms with Gasteiger partial charge in [-0.15, -0.1) is 11.3 Å². The van der Waals surface area contributed by atoms with Gasteiger partial charge in [0.25, 0.3) is 5.91 Å². The second kappa shape index (κ2) is 10.7. The highest BCUT2D eigenvalue weighted by Crippen LogP contribution is 2.31. The van der Waals surface area contributed by atoms with Crippen molar-refractivity contribution in [3.05, 3.63) is 65.2 Å². The Morgan fingerprint density at radius 3 is 2.50 bits per heavy atom. The van der Waals surface area contributed by atoms with Crippen LogP contribution in [0.15, 0.2) is 54.6 Å². The first-order valence-corrected chi connectivity index (χ1v) is 12.3. The lowest BCUT2D eigenvalue weighted by atomic mass is 10.2. The van der Waals surface area contributed by atoms with E-state index in [-0.39, 0.29) is 5.91 Å². The number of rotatable bonds is 7. The average molecular weight is 450 g/mol. The molecule has 0 saturated carbocycles. The molecule has 5 nitrogen and oxygen atoms in total. The van der Waals surface area contributed by atoms with Crippen LogP contribution in [0.25, 0.3) is 10.6 Å². The third-order valence-electron chi connectivity index (χ3n) is 5.77. The van der Waals surface area contributed by atoms with Gasteiger partial charge in [-0.05, 0) is 69.3 Å². The van der Waals surface area contributed by atoms with Crippen molar-refractivity contribution >= 4 is 17.2 Å². The molecular weight excluding hydrogens is 418 g/mol. The highest BCUT2D eigenvalue weighted by atomic mass is 32.1. The van der Waals surface area contributed by atoms with Crippen molar-refractivity contribution in [1.82, 2.24) is 14.8 Å². The smallest absolute Gasteiger partial charge is 0.265 e. The number of ether oxygens (including phenoxy) is 1. The summed E-state index contributed by atoms with van der Waals surface area (Å²) in [5.41, 5.74) is 1.81. The summed E-state index contributed by atoms with van der Waals surface area (Å²) < 4.78 is 5.88. The van der Waals surface area contributed by atoms with Gasteiger partial charge in [-0.25, -0.2) is 4.98 Å². The summed E-state index contributed by atoms with van der Waals surface area (Å²) in [6.07, 6.45) is 3.46. The van der Waals surface area contributed by atoms with Gasteiger partial charge in [0.05, 0.1) is 5.69 Å². The summed E-state index contributed by atoms with van der Waals surface area (Å²) in [5.74, 6) is 1.71. The number of unbranched alkanes of at least 4 members (excludes halogenated alkanes) is 1. The van der Waals surface area contributed by atoms with Gasteiger partial charge in [0.2, 0.25) is 0 Å². The highest BCUT2D eigenvalue weighted by molar-refractivity contribution is 7.17. The highest BCUT2D eigenvalue weighted by Gasteiger charge is 2.24. The zero-order chi connectivity index (χ0) is 22.3. The summed E-state index contributed by atoms with van der Waals surface area (Å²) in [4.78, 5) is 23.2. The molecule has 6 heteroatoms. The zero-order valence-corrected chi connectivity index (χ0v) is 19.7. The number of carbonyl (C=O) groups is 1. The number of aromatic nitrogens is 1. The predicted molar refractivity (Wildman–Crippen MR) is 131 cm³/mol. The first-order chi connectivity index (χ1) is 15.6. The van der Waals surface area contributed by atoms with E-state index in [9.17, 15) is 4.79 Å². The van der Waals surface area contributed by atoms with E-state index in [1.165, 1.54) is 24.2 Å². The molecule has 1 saturated heterocycles. The molecule has 0 radical (unpaired) electrons. The van der Waals surface area contributed by atoms with Gasteiger partial charge in [0, 0.05) is 25.2 Å². The standard InChI is InChI=1S/C26H31N3O2S/c1-3-4-15-28-16-8-17-29(19-18-28)26(30)24-20(2)27-25(32-24)21-11-13-23(14-12-21)31-22-9-6-5-7-10-22/h5-7,9-14H,3-4,8,15-19H2,1-2H3. The SMILES string of the molecule is CCCCN1CCCN(C(=O)c2sc(-c3ccc(Oc4ccccc4)cc3)nc2C)CC1. The lowest BCUT2D eigenvalue weighted by Gasteiger charge is -2.21. The fraction of sp³-hybridized carbons (Fsp3) is 0.385. The van der Waals surface area contributed by atoms with Crippen LogP contribution in [-0.2, 0) is 0 Å². The average Bonchev–Trinajstić information content (AvgIpc) is 3.05. The molecule has 32 heavy (non-hydrogen) atoms. The number of hydrogen-bond acceptors (Lipinski definition) is 5. The molecular formula is C26H31N3O2S. The molecule has 4 rings (SSSR count). The maximum atomic E-state index is 13.3. The van der Waals surface area contributed by atoms with Gasteiger partial charge in [-0.2, -0.15) is 0 Å². The van der Waals surface area contributed by atoms with Crippen molar-refractivity contribution in [2.24, 2.45) is 0 Å². The molecule has 0 aliphatic carbocycles. The van der Waals surface area contributed by atoms with Crippen LogP contribution < -0.4 is 4.74 Å². The summed E-state index contributed by atoms with van der Waals surface area (Å²) in [6, 6.07) is 17.6. The Labute approximate surface area is 194 Å². The molecule has 1 amide bonds. The minimum Gasteiger partial charge on any atom is -0.457 e. The van der Waals surface area contributed by atoms with E-state index >= 15 is 0 Å². The van der Waals surface area contributed by atoms with Gasteiger partial charge in [-0.3, -0.25) is 4.79 Å². The third-order valence-corrected chi connectivity index (χ3v) is 6.97. The molecule has 2 heterocycles. The number of para-hydroxylation sites is 1. The Hall–Kier alpha value is -2.70. The van der Waals surface area contributed by atoms with Crippen LogP contribution in [-0.4, -0.2) is 53.4 Å². The van der Waals surface area contributed by atoms with Crippen LogP contribution in [0.1, 0.15) is 41.6 Å². The first kappa shape index (κ1) is 22.5. The van der Waals surface area contributed by atoms with E-state index in [0.29, 0.717) is 0 Å². The topological polar surface area (TPSA) is 45.7 Å². The monoisotopic (exact) mass is 449 g/mol. The molecule has 0 atom stereocenters. The van der Waals surface area contributed by atoms with Crippen molar-refractivity contribution in [3.8, 4) is 22.1 Å². The Balaban J connectivity index is 1.42. The predicted octanol–water partition coefficient (Wildman–Crippen LogP) is 5.86. The van der Waals surface area contributed by atoms with Crippen LogP contribution in [0.3, 0.4) is 0 Å². The molecule has 1 fully saturated rings. The van der Waals surface area contributed by atoms with Gasteiger partial charge >= 0.3 is 0 Å². The van der Waals surface area contributed by atoms with E-state index in [0.717, 1.165) is 71.8 Å². The van der Waals surface area contributed by atoms with E-state index in [4.69, 9.17) is 9.72 Å². The van der Waals surface area contributed by atoms with Crippen molar-refractivity contribution < 1.29 is 9.53 Å². The maximum absolute atomic E-state index is 13.3. The van der Waals surface area contributed by atoms with Crippen LogP contribution in [0.5, 0.6) is 11.5 Å². The van der Waals surface area contributed by atoms with Gasteiger partial charge < -0.3 is 14.5 Å². The molecule has 168 valence electrons. The molecule has 0 unspecified atom stereocenters. The molecule has 0 N–H and O–H groups in total. The minimum atomic E-state index is 0.118. The maximum Gasteiger partial charge on any atom is 0.265 e. The largest absolute Gasteiger partial charge is 0.457 e. The quantitative estimate of drug-likeness (QED) is 0.453. The third kappa shape index (κ3) is 5.56. The molecule has 3 aromatic rings. The van der Waals surface area contributed by atoms with E-state index in [2.05, 4.69) is 11.8 Å². The first-order valence-electron chi connectivity index (χ1n) is 11.5. The number of hydrogen-bond donors (Lipinski definition) is 0. The summed E-state index contributed by atoms with van der Waals surface area (Å²) in [7, 11) is 0. The molecule has 1 aliphatic rings. The van der Waals surface area contributed by atoms with E-state index in [1.807, 2.05) is 66.4 Å². The fourth-order valence-corrected chi connectivity index (χ4v) is 4.97. The lowest BCUT2D eigenvalue weighted by molar-refractivity contribution is 0.0765. The normalized spacial score (nSPS) is 14.9. The number of thiazole rings is 1. The second-order valence-electron chi connectivity index (χ2n) is 8.21. The number of nitrogens with zero attached hydrogens (tertiary/aromatic N) is 3. The Morgan fingerprint density at radius 1 is 1.00 bits per heavy atom. The van der Waals surface area contributed by atoms with Gasteiger partial charge in [-0.1, -0.05) is 31.5 Å². The van der Waals surface area contributed by atoms with Gasteiger partial charge in [0.15, 0.2) is 0 Å². The van der Waals surface area contributed by atoms with Crippen molar-refractivity contribution in [2.75, 3.05) is 32.7 Å². The lowest BCUT2D eigenvalue weighted by Crippen LogP contribution is -2.35. The zero-order valence-electron chi connectivity index (χ0n) is 18.9. The number of amides is 1. The molecule has 2 aromatic carbocycles. The van der Waals surface area contributed by atoms with Crippen molar-refractivity contribution in [1.29, 1.82) is 0 Å².